The van der Waals surface area contributed by atoms with Crippen LogP contribution >= 0.6 is 0 Å². The lowest BCUT2D eigenvalue weighted by Crippen LogP contribution is -2.36. The molecule has 1 N–H and O–H groups in total. The molecule has 0 radical (unpaired) electrons. The number of aliphatic carboxylic acids is 1. The first kappa shape index (κ1) is 16.8. The number of rotatable bonds is 5. The molecule has 3 rings (SSSR count). The molecule has 0 saturated heterocycles. The minimum absolute atomic E-state index is 0.103. The highest BCUT2D eigenvalue weighted by Crippen LogP contribution is 2.28. The van der Waals surface area contributed by atoms with Crippen LogP contribution in [0.2, 0.25) is 0 Å². The molecule has 0 bridgehead atoms. The summed E-state index contributed by atoms with van der Waals surface area (Å²) in [6.45, 7) is 0.687. The largest absolute Gasteiger partial charge is 0.496 e. The van der Waals surface area contributed by atoms with Crippen molar-refractivity contribution in [2.24, 2.45) is 0 Å². The molecule has 0 unspecified atom stereocenters. The Balaban J connectivity index is 1.75. The first-order chi connectivity index (χ1) is 12.1. The number of carboxylic acids is 1. The molecular formula is C19H19NO5. The van der Waals surface area contributed by atoms with E-state index in [1.807, 2.05) is 18.2 Å². The van der Waals surface area contributed by atoms with E-state index in [1.54, 1.807) is 36.3 Å². The number of ether oxygens (including phenoxy) is 2. The Morgan fingerprint density at radius 2 is 2.00 bits per heavy atom. The SMILES string of the molecule is COc1cccc2c1CCN(C(=O)c1cccc(OCC(=O)O)c1)C2. The molecule has 0 fully saturated rings. The van der Waals surface area contributed by atoms with Crippen LogP contribution in [0.15, 0.2) is 42.5 Å². The molecule has 1 aliphatic rings. The Morgan fingerprint density at radius 1 is 1.20 bits per heavy atom. The second-order valence-electron chi connectivity index (χ2n) is 5.78. The van der Waals surface area contributed by atoms with Gasteiger partial charge in [0.2, 0.25) is 0 Å². The topological polar surface area (TPSA) is 76.1 Å². The summed E-state index contributed by atoms with van der Waals surface area (Å²) in [4.78, 5) is 25.2. The Labute approximate surface area is 145 Å². The zero-order valence-corrected chi connectivity index (χ0v) is 13.9. The number of benzene rings is 2. The molecule has 6 heteroatoms. The Morgan fingerprint density at radius 3 is 2.76 bits per heavy atom. The summed E-state index contributed by atoms with van der Waals surface area (Å²) in [5, 5.41) is 8.68. The van der Waals surface area contributed by atoms with Gasteiger partial charge in [-0.1, -0.05) is 18.2 Å². The van der Waals surface area contributed by atoms with E-state index in [4.69, 9.17) is 14.6 Å². The van der Waals surface area contributed by atoms with E-state index in [0.29, 0.717) is 24.4 Å². The van der Waals surface area contributed by atoms with Gasteiger partial charge >= 0.3 is 5.97 Å². The maximum atomic E-state index is 12.8. The van der Waals surface area contributed by atoms with Gasteiger partial charge in [0.05, 0.1) is 7.11 Å². The van der Waals surface area contributed by atoms with Crippen LogP contribution in [0.3, 0.4) is 0 Å². The van der Waals surface area contributed by atoms with E-state index in [9.17, 15) is 9.59 Å². The third-order valence-corrected chi connectivity index (χ3v) is 4.17. The Bertz CT molecular complexity index is 802. The molecular weight excluding hydrogens is 322 g/mol. The number of hydrogen-bond donors (Lipinski definition) is 1. The highest BCUT2D eigenvalue weighted by Gasteiger charge is 2.24. The van der Waals surface area contributed by atoms with E-state index in [0.717, 1.165) is 23.3 Å². The fraction of sp³-hybridized carbons (Fsp3) is 0.263. The smallest absolute Gasteiger partial charge is 0.341 e. The number of carbonyl (C=O) groups is 2. The number of fused-ring (bicyclic) bond motifs is 1. The van der Waals surface area contributed by atoms with Crippen molar-refractivity contribution in [3.05, 3.63) is 59.2 Å². The summed E-state index contributed by atoms with van der Waals surface area (Å²) in [5.41, 5.74) is 2.71. The summed E-state index contributed by atoms with van der Waals surface area (Å²) in [6, 6.07) is 12.5. The van der Waals surface area contributed by atoms with Gasteiger partial charge in [-0.2, -0.15) is 0 Å². The fourth-order valence-electron chi connectivity index (χ4n) is 2.99. The van der Waals surface area contributed by atoms with Crippen molar-refractivity contribution in [1.82, 2.24) is 4.90 Å². The van der Waals surface area contributed by atoms with Gasteiger partial charge in [0.1, 0.15) is 11.5 Å². The van der Waals surface area contributed by atoms with Gasteiger partial charge in [-0.05, 0) is 36.2 Å². The van der Waals surface area contributed by atoms with Crippen LogP contribution in [0.1, 0.15) is 21.5 Å². The molecule has 130 valence electrons. The summed E-state index contributed by atoms with van der Waals surface area (Å²) < 4.78 is 10.5. The van der Waals surface area contributed by atoms with Gasteiger partial charge in [0.25, 0.3) is 5.91 Å². The molecule has 0 atom stereocenters. The Hall–Kier alpha value is -3.02. The summed E-state index contributed by atoms with van der Waals surface area (Å²) in [6.07, 6.45) is 0.736. The lowest BCUT2D eigenvalue weighted by molar-refractivity contribution is -0.139. The fourth-order valence-corrected chi connectivity index (χ4v) is 2.99. The van der Waals surface area contributed by atoms with E-state index in [1.165, 1.54) is 0 Å². The van der Waals surface area contributed by atoms with Crippen molar-refractivity contribution in [1.29, 1.82) is 0 Å². The highest BCUT2D eigenvalue weighted by molar-refractivity contribution is 5.94. The number of amides is 1. The quantitative estimate of drug-likeness (QED) is 0.903. The molecule has 2 aromatic rings. The summed E-state index contributed by atoms with van der Waals surface area (Å²) in [7, 11) is 1.65. The second-order valence-corrected chi connectivity index (χ2v) is 5.78. The number of nitrogens with zero attached hydrogens (tertiary/aromatic N) is 1. The van der Waals surface area contributed by atoms with Crippen molar-refractivity contribution in [3.8, 4) is 11.5 Å². The standard InChI is InChI=1S/C19H19NO5/c1-24-17-7-3-5-14-11-20(9-8-16(14)17)19(23)13-4-2-6-15(10-13)25-12-18(21)22/h2-7,10H,8-9,11-12H2,1H3,(H,21,22). The number of carbonyl (C=O) groups excluding carboxylic acids is 1. The van der Waals surface area contributed by atoms with Crippen molar-refractivity contribution >= 4 is 11.9 Å². The van der Waals surface area contributed by atoms with E-state index in [-0.39, 0.29) is 5.91 Å². The molecule has 25 heavy (non-hydrogen) atoms. The van der Waals surface area contributed by atoms with Crippen molar-refractivity contribution < 1.29 is 24.2 Å². The minimum atomic E-state index is -1.06. The normalized spacial score (nSPS) is 13.1. The van der Waals surface area contributed by atoms with Gasteiger partial charge in [0.15, 0.2) is 6.61 Å². The van der Waals surface area contributed by atoms with Gasteiger partial charge in [0, 0.05) is 24.2 Å². The maximum Gasteiger partial charge on any atom is 0.341 e. The third kappa shape index (κ3) is 3.74. The van der Waals surface area contributed by atoms with Gasteiger partial charge in [-0.3, -0.25) is 4.79 Å². The number of methoxy groups -OCH3 is 1. The predicted molar refractivity (Wildman–Crippen MR) is 91.0 cm³/mol. The van der Waals surface area contributed by atoms with Crippen LogP contribution in [0.4, 0.5) is 0 Å². The summed E-state index contributed by atoms with van der Waals surface area (Å²) in [5.74, 6) is 0.0635. The Kier molecular flexibility index (Phi) is 4.88. The molecule has 0 saturated carbocycles. The molecule has 1 amide bonds. The maximum absolute atomic E-state index is 12.8. The highest BCUT2D eigenvalue weighted by atomic mass is 16.5. The average Bonchev–Trinajstić information content (AvgIpc) is 2.65. The molecule has 2 aromatic carbocycles. The van der Waals surface area contributed by atoms with E-state index >= 15 is 0 Å². The molecule has 6 nitrogen and oxygen atoms in total. The predicted octanol–water partition coefficient (Wildman–Crippen LogP) is 2.36. The van der Waals surface area contributed by atoms with Crippen LogP contribution in [-0.2, 0) is 17.8 Å². The van der Waals surface area contributed by atoms with Gasteiger partial charge < -0.3 is 19.5 Å². The molecule has 0 spiro atoms. The van der Waals surface area contributed by atoms with Gasteiger partial charge in [-0.25, -0.2) is 4.79 Å². The van der Waals surface area contributed by atoms with Crippen LogP contribution in [0.25, 0.3) is 0 Å². The number of hydrogen-bond acceptors (Lipinski definition) is 4. The zero-order valence-electron chi connectivity index (χ0n) is 13.9. The molecule has 1 aliphatic heterocycles. The molecule has 0 aromatic heterocycles. The van der Waals surface area contributed by atoms with Crippen molar-refractivity contribution in [2.75, 3.05) is 20.3 Å². The van der Waals surface area contributed by atoms with Crippen molar-refractivity contribution in [3.63, 3.8) is 0 Å². The molecule has 0 aliphatic carbocycles. The monoisotopic (exact) mass is 341 g/mol. The van der Waals surface area contributed by atoms with Crippen molar-refractivity contribution in [2.45, 2.75) is 13.0 Å². The second kappa shape index (κ2) is 7.25. The van der Waals surface area contributed by atoms with Crippen LogP contribution < -0.4 is 9.47 Å². The van der Waals surface area contributed by atoms with Gasteiger partial charge in [-0.15, -0.1) is 0 Å². The van der Waals surface area contributed by atoms with Crippen LogP contribution in [0.5, 0.6) is 11.5 Å². The first-order valence-corrected chi connectivity index (χ1v) is 7.97. The molecule has 1 heterocycles. The zero-order chi connectivity index (χ0) is 17.8. The third-order valence-electron chi connectivity index (χ3n) is 4.17. The van der Waals surface area contributed by atoms with E-state index < -0.39 is 12.6 Å². The lowest BCUT2D eigenvalue weighted by Gasteiger charge is -2.30. The average molecular weight is 341 g/mol. The lowest BCUT2D eigenvalue weighted by atomic mass is 9.98. The summed E-state index contributed by atoms with van der Waals surface area (Å²) >= 11 is 0. The van der Waals surface area contributed by atoms with Crippen LogP contribution in [0, 0.1) is 0 Å². The number of carboxylic acid groups (broad SMARTS) is 1. The van der Waals surface area contributed by atoms with Crippen LogP contribution in [-0.4, -0.2) is 42.1 Å². The minimum Gasteiger partial charge on any atom is -0.496 e. The first-order valence-electron chi connectivity index (χ1n) is 7.97. The van der Waals surface area contributed by atoms with E-state index in [2.05, 4.69) is 0 Å².